The van der Waals surface area contributed by atoms with Crippen molar-refractivity contribution in [3.63, 3.8) is 0 Å². The number of hydrogen-bond acceptors (Lipinski definition) is 7. The highest BCUT2D eigenvalue weighted by Gasteiger charge is 2.36. The van der Waals surface area contributed by atoms with Crippen molar-refractivity contribution in [2.24, 2.45) is 0 Å². The third-order valence-corrected chi connectivity index (χ3v) is 8.72. The molecule has 0 saturated carbocycles. The standard InChI is InChI=1S/C25H28ClFN6O4S2/c1-16(21-6-7-22(26)38-21)15-39(36,37)30-19-8-10-33(25(19)35)20-5-4-17(12-18(20)27)32-11-9-29-23(32)13-28-14-24(34)31(2)3/h4-7,9,11-12,15,19,28,30H,8,10,13-14H2,1-3H3/b16-15+/t19-/m0/s1. The van der Waals surface area contributed by atoms with Gasteiger partial charge in [-0.1, -0.05) is 11.6 Å². The number of carbonyl (C=O) groups excluding carboxylic acids is 2. The molecule has 4 rings (SSSR count). The van der Waals surface area contributed by atoms with Crippen LogP contribution in [0.25, 0.3) is 11.3 Å². The minimum Gasteiger partial charge on any atom is -0.348 e. The summed E-state index contributed by atoms with van der Waals surface area (Å²) >= 11 is 7.18. The monoisotopic (exact) mass is 594 g/mol. The molecule has 2 N–H and O–H groups in total. The molecule has 0 spiro atoms. The third kappa shape index (κ3) is 6.92. The van der Waals surface area contributed by atoms with Gasteiger partial charge in [-0.2, -0.15) is 4.72 Å². The van der Waals surface area contributed by atoms with E-state index in [4.69, 9.17) is 11.6 Å². The summed E-state index contributed by atoms with van der Waals surface area (Å²) in [6, 6.07) is 6.80. The van der Waals surface area contributed by atoms with Gasteiger partial charge >= 0.3 is 0 Å². The summed E-state index contributed by atoms with van der Waals surface area (Å²) in [6.07, 6.45) is 3.44. The molecule has 2 amide bonds. The molecule has 0 unspecified atom stereocenters. The molecule has 1 saturated heterocycles. The predicted molar refractivity (Wildman–Crippen MR) is 150 cm³/mol. The number of allylic oxidation sites excluding steroid dienone is 1. The zero-order valence-corrected chi connectivity index (χ0v) is 23.9. The van der Waals surface area contributed by atoms with Crippen molar-refractivity contribution in [3.05, 3.63) is 69.0 Å². The molecule has 39 heavy (non-hydrogen) atoms. The van der Waals surface area contributed by atoms with Gasteiger partial charge in [-0.15, -0.1) is 11.3 Å². The van der Waals surface area contributed by atoms with E-state index in [9.17, 15) is 18.0 Å². The van der Waals surface area contributed by atoms with E-state index in [1.54, 1.807) is 56.2 Å². The lowest BCUT2D eigenvalue weighted by Crippen LogP contribution is -2.41. The first-order valence-corrected chi connectivity index (χ1v) is 14.7. The van der Waals surface area contributed by atoms with Crippen LogP contribution < -0.4 is 14.9 Å². The van der Waals surface area contributed by atoms with Crippen LogP contribution in [-0.4, -0.2) is 67.9 Å². The molecule has 208 valence electrons. The van der Waals surface area contributed by atoms with Crippen LogP contribution in [0.5, 0.6) is 0 Å². The largest absolute Gasteiger partial charge is 0.348 e. The molecule has 0 radical (unpaired) electrons. The van der Waals surface area contributed by atoms with E-state index in [1.165, 1.54) is 33.3 Å². The molecule has 10 nitrogen and oxygen atoms in total. The number of thiophene rings is 1. The summed E-state index contributed by atoms with van der Waals surface area (Å²) in [5.74, 6) is -0.676. The number of nitrogens with zero attached hydrogens (tertiary/aromatic N) is 4. The van der Waals surface area contributed by atoms with Crippen LogP contribution in [-0.2, 0) is 26.2 Å². The van der Waals surface area contributed by atoms with Gasteiger partial charge in [-0.3, -0.25) is 9.59 Å². The normalized spacial score (nSPS) is 16.2. The number of halogens is 2. The van der Waals surface area contributed by atoms with Crippen molar-refractivity contribution >= 4 is 56.0 Å². The Labute approximate surface area is 235 Å². The lowest BCUT2D eigenvalue weighted by Gasteiger charge is -2.19. The molecule has 1 aromatic carbocycles. The molecule has 1 atom stereocenters. The molecule has 0 bridgehead atoms. The summed E-state index contributed by atoms with van der Waals surface area (Å²) in [6.45, 7) is 2.22. The van der Waals surface area contributed by atoms with E-state index in [0.717, 1.165) is 5.41 Å². The summed E-state index contributed by atoms with van der Waals surface area (Å²) in [5.41, 5.74) is 1.03. The number of carbonyl (C=O) groups is 2. The van der Waals surface area contributed by atoms with Crippen LogP contribution in [0, 0.1) is 5.82 Å². The van der Waals surface area contributed by atoms with Crippen LogP contribution in [0.1, 0.15) is 24.0 Å². The number of rotatable bonds is 10. The summed E-state index contributed by atoms with van der Waals surface area (Å²) in [4.78, 5) is 32.5. The second kappa shape index (κ2) is 12.0. The summed E-state index contributed by atoms with van der Waals surface area (Å²) < 4.78 is 45.2. The fourth-order valence-electron chi connectivity index (χ4n) is 4.08. The molecular weight excluding hydrogens is 567 g/mol. The lowest BCUT2D eigenvalue weighted by molar-refractivity contribution is -0.127. The van der Waals surface area contributed by atoms with Gasteiger partial charge in [-0.05, 0) is 43.2 Å². The van der Waals surface area contributed by atoms with E-state index in [2.05, 4.69) is 15.0 Å². The highest BCUT2D eigenvalue weighted by atomic mass is 35.5. The van der Waals surface area contributed by atoms with Crippen LogP contribution in [0.15, 0.2) is 48.1 Å². The zero-order chi connectivity index (χ0) is 28.3. The number of sulfonamides is 1. The van der Waals surface area contributed by atoms with Gasteiger partial charge in [0.25, 0.3) is 0 Å². The Hall–Kier alpha value is -3.10. The van der Waals surface area contributed by atoms with Gasteiger partial charge in [0, 0.05) is 49.7 Å². The Balaban J connectivity index is 1.43. The Morgan fingerprint density at radius 1 is 1.31 bits per heavy atom. The van der Waals surface area contributed by atoms with Crippen LogP contribution in [0.3, 0.4) is 0 Å². The smallest absolute Gasteiger partial charge is 0.245 e. The molecule has 3 aromatic rings. The minimum atomic E-state index is -3.94. The maximum absolute atomic E-state index is 15.2. The number of hydrogen-bond donors (Lipinski definition) is 2. The fourth-order valence-corrected chi connectivity index (χ4v) is 6.45. The number of nitrogens with one attached hydrogen (secondary N) is 2. The maximum Gasteiger partial charge on any atom is 0.245 e. The van der Waals surface area contributed by atoms with E-state index in [0.29, 0.717) is 26.3 Å². The quantitative estimate of drug-likeness (QED) is 0.373. The topological polar surface area (TPSA) is 117 Å². The van der Waals surface area contributed by atoms with Crippen molar-refractivity contribution in [2.45, 2.75) is 25.9 Å². The second-order valence-electron chi connectivity index (χ2n) is 9.14. The van der Waals surface area contributed by atoms with Crippen molar-refractivity contribution < 1.29 is 22.4 Å². The second-order valence-corrected chi connectivity index (χ2v) is 12.4. The van der Waals surface area contributed by atoms with Gasteiger partial charge in [0.15, 0.2) is 0 Å². The molecule has 2 aromatic heterocycles. The Bertz CT molecular complexity index is 1520. The first-order chi connectivity index (χ1) is 18.4. The van der Waals surface area contributed by atoms with Gasteiger partial charge in [0.2, 0.25) is 21.8 Å². The van der Waals surface area contributed by atoms with E-state index >= 15 is 4.39 Å². The van der Waals surface area contributed by atoms with Crippen molar-refractivity contribution in [1.29, 1.82) is 0 Å². The molecule has 1 aliphatic heterocycles. The Morgan fingerprint density at radius 3 is 2.74 bits per heavy atom. The SMILES string of the molecule is C/C(=C\S(=O)(=O)N[C@H]1CCN(c2ccc(-n3ccnc3CNCC(=O)N(C)C)cc2F)C1=O)c1ccc(Cl)s1. The molecule has 0 aliphatic carbocycles. The van der Waals surface area contributed by atoms with E-state index in [1.807, 2.05) is 0 Å². The molecule has 1 aliphatic rings. The number of amides is 2. The molecule has 1 fully saturated rings. The average Bonchev–Trinajstić information content (AvgIpc) is 3.60. The summed E-state index contributed by atoms with van der Waals surface area (Å²) in [5, 5.41) is 4.08. The van der Waals surface area contributed by atoms with E-state index in [-0.39, 0.29) is 37.6 Å². The minimum absolute atomic E-state index is 0.0572. The highest BCUT2D eigenvalue weighted by Crippen LogP contribution is 2.29. The number of benzene rings is 1. The van der Waals surface area contributed by atoms with Crippen molar-refractivity contribution in [2.75, 3.05) is 32.1 Å². The number of likely N-dealkylation sites (N-methyl/N-ethyl adjacent to an activating group) is 1. The van der Waals surface area contributed by atoms with Crippen LogP contribution in [0.2, 0.25) is 4.34 Å². The third-order valence-electron chi connectivity index (χ3n) is 6.08. The first-order valence-electron chi connectivity index (χ1n) is 12.0. The van der Waals surface area contributed by atoms with Gasteiger partial charge in [0.1, 0.15) is 17.7 Å². The zero-order valence-electron chi connectivity index (χ0n) is 21.5. The average molecular weight is 595 g/mol. The molecule has 3 heterocycles. The van der Waals surface area contributed by atoms with E-state index < -0.39 is 27.8 Å². The molecule has 14 heteroatoms. The van der Waals surface area contributed by atoms with Crippen molar-refractivity contribution in [1.82, 2.24) is 24.5 Å². The Morgan fingerprint density at radius 2 is 2.08 bits per heavy atom. The van der Waals surface area contributed by atoms with Crippen LogP contribution >= 0.6 is 22.9 Å². The Kier molecular flexibility index (Phi) is 8.86. The molecular formula is C25H28ClFN6O4S2. The van der Waals surface area contributed by atoms with Crippen molar-refractivity contribution in [3.8, 4) is 5.69 Å². The predicted octanol–water partition coefficient (Wildman–Crippen LogP) is 2.99. The van der Waals surface area contributed by atoms with Gasteiger partial charge < -0.3 is 19.7 Å². The van der Waals surface area contributed by atoms with Crippen LogP contribution in [0.4, 0.5) is 10.1 Å². The number of anilines is 1. The number of aromatic nitrogens is 2. The van der Waals surface area contributed by atoms with Gasteiger partial charge in [-0.25, -0.2) is 17.8 Å². The first kappa shape index (κ1) is 28.9. The fraction of sp³-hybridized carbons (Fsp3) is 0.320. The van der Waals surface area contributed by atoms with Gasteiger partial charge in [0.05, 0.1) is 28.5 Å². The number of imidazole rings is 1. The lowest BCUT2D eigenvalue weighted by atomic mass is 10.2. The maximum atomic E-state index is 15.2. The summed E-state index contributed by atoms with van der Waals surface area (Å²) in [7, 11) is -0.610. The highest BCUT2D eigenvalue weighted by molar-refractivity contribution is 7.92.